The van der Waals surface area contributed by atoms with Gasteiger partial charge in [0.25, 0.3) is 0 Å². The first kappa shape index (κ1) is 11.9. The third-order valence-corrected chi connectivity index (χ3v) is 6.73. The van der Waals surface area contributed by atoms with Gasteiger partial charge in [-0.15, -0.1) is 11.3 Å². The van der Waals surface area contributed by atoms with Crippen LogP contribution in [0, 0.1) is 5.41 Å². The minimum atomic E-state index is 0.492. The second-order valence-electron chi connectivity index (χ2n) is 4.75. The van der Waals surface area contributed by atoms with Gasteiger partial charge in [0.05, 0.1) is 10.2 Å². The number of rotatable bonds is 4. The molecule has 0 atom stereocenters. The van der Waals surface area contributed by atoms with Gasteiger partial charge in [0.15, 0.2) is 4.34 Å². The Balaban J connectivity index is 1.72. The van der Waals surface area contributed by atoms with Crippen molar-refractivity contribution in [2.45, 2.75) is 23.6 Å². The number of benzene rings is 1. The number of thioether (sulfide) groups is 1. The van der Waals surface area contributed by atoms with Gasteiger partial charge in [0, 0.05) is 5.75 Å². The Kier molecular flexibility index (Phi) is 3.37. The first-order chi connectivity index (χ1) is 8.31. The summed E-state index contributed by atoms with van der Waals surface area (Å²) in [6, 6.07) is 8.37. The maximum atomic E-state index is 4.67. The van der Waals surface area contributed by atoms with E-state index in [1.165, 1.54) is 34.1 Å². The highest BCUT2D eigenvalue weighted by atomic mass is 32.2. The Morgan fingerprint density at radius 1 is 1.35 bits per heavy atom. The first-order valence-corrected chi connectivity index (χ1v) is 8.34. The van der Waals surface area contributed by atoms with E-state index in [1.807, 2.05) is 23.1 Å². The summed E-state index contributed by atoms with van der Waals surface area (Å²) in [5.74, 6) is 2.20. The predicted molar refractivity (Wildman–Crippen MR) is 80.5 cm³/mol. The van der Waals surface area contributed by atoms with Crippen molar-refractivity contribution < 1.29 is 0 Å². The summed E-state index contributed by atoms with van der Waals surface area (Å²) in [6.45, 7) is 0. The van der Waals surface area contributed by atoms with Crippen LogP contribution in [0.2, 0.25) is 0 Å². The van der Waals surface area contributed by atoms with E-state index >= 15 is 0 Å². The molecule has 0 bridgehead atoms. The van der Waals surface area contributed by atoms with Crippen LogP contribution in [0.1, 0.15) is 19.3 Å². The van der Waals surface area contributed by atoms with Crippen molar-refractivity contribution in [3.63, 3.8) is 0 Å². The second-order valence-corrected chi connectivity index (χ2v) is 7.32. The number of para-hydroxylation sites is 1. The van der Waals surface area contributed by atoms with Gasteiger partial charge < -0.3 is 0 Å². The van der Waals surface area contributed by atoms with Crippen LogP contribution in [0.4, 0.5) is 0 Å². The standard InChI is InChI=1S/C13H15NS3/c15-8-13(6-3-7-13)9-16-12-14-10-4-1-2-5-11(10)17-12/h1-2,4-5,15H,3,6-9H2. The molecule has 1 aliphatic carbocycles. The number of hydrogen-bond donors (Lipinski definition) is 1. The molecule has 2 aromatic rings. The van der Waals surface area contributed by atoms with Gasteiger partial charge >= 0.3 is 0 Å². The molecule has 0 unspecified atom stereocenters. The average Bonchev–Trinajstić information content (AvgIpc) is 2.71. The first-order valence-electron chi connectivity index (χ1n) is 5.91. The molecule has 4 heteroatoms. The van der Waals surface area contributed by atoms with E-state index in [9.17, 15) is 0 Å². The monoisotopic (exact) mass is 281 g/mol. The molecular formula is C13H15NS3. The largest absolute Gasteiger partial charge is 0.230 e. The molecule has 3 rings (SSSR count). The van der Waals surface area contributed by atoms with E-state index in [0.29, 0.717) is 5.41 Å². The second kappa shape index (κ2) is 4.82. The lowest BCUT2D eigenvalue weighted by atomic mass is 9.72. The Morgan fingerprint density at radius 3 is 2.82 bits per heavy atom. The summed E-state index contributed by atoms with van der Waals surface area (Å²) in [6.07, 6.45) is 4.06. The van der Waals surface area contributed by atoms with Crippen molar-refractivity contribution in [1.82, 2.24) is 4.98 Å². The normalized spacial score (nSPS) is 18.2. The minimum absolute atomic E-state index is 0.492. The molecule has 0 N–H and O–H groups in total. The van der Waals surface area contributed by atoms with E-state index in [-0.39, 0.29) is 0 Å². The number of hydrogen-bond acceptors (Lipinski definition) is 4. The summed E-state index contributed by atoms with van der Waals surface area (Å²) in [5, 5.41) is 0. The maximum Gasteiger partial charge on any atom is 0.151 e. The molecule has 1 aromatic heterocycles. The summed E-state index contributed by atoms with van der Waals surface area (Å²) in [5.41, 5.74) is 1.62. The molecule has 17 heavy (non-hydrogen) atoms. The van der Waals surface area contributed by atoms with E-state index in [4.69, 9.17) is 0 Å². The average molecular weight is 281 g/mol. The van der Waals surface area contributed by atoms with Crippen molar-refractivity contribution >= 4 is 45.9 Å². The highest BCUT2D eigenvalue weighted by Crippen LogP contribution is 2.46. The van der Waals surface area contributed by atoms with Crippen molar-refractivity contribution in [3.05, 3.63) is 24.3 Å². The zero-order valence-corrected chi connectivity index (χ0v) is 12.1. The fraction of sp³-hybridized carbons (Fsp3) is 0.462. The zero-order chi connectivity index (χ0) is 11.7. The molecule has 0 spiro atoms. The number of thiol groups is 1. The molecule has 0 aliphatic heterocycles. The summed E-state index contributed by atoms with van der Waals surface area (Å²) >= 11 is 8.22. The summed E-state index contributed by atoms with van der Waals surface area (Å²) < 4.78 is 2.50. The van der Waals surface area contributed by atoms with E-state index in [0.717, 1.165) is 11.3 Å². The Morgan fingerprint density at radius 2 is 2.18 bits per heavy atom. The van der Waals surface area contributed by atoms with Crippen molar-refractivity contribution in [1.29, 1.82) is 0 Å². The number of thiazole rings is 1. The molecule has 1 aliphatic rings. The van der Waals surface area contributed by atoms with Crippen LogP contribution < -0.4 is 0 Å². The van der Waals surface area contributed by atoms with Gasteiger partial charge in [-0.3, -0.25) is 0 Å². The van der Waals surface area contributed by atoms with Crippen molar-refractivity contribution in [2.24, 2.45) is 5.41 Å². The fourth-order valence-corrected chi connectivity index (χ4v) is 5.09. The zero-order valence-electron chi connectivity index (χ0n) is 9.56. The molecule has 1 saturated carbocycles. The minimum Gasteiger partial charge on any atom is -0.230 e. The van der Waals surface area contributed by atoms with Gasteiger partial charge in [-0.1, -0.05) is 30.3 Å². The molecular weight excluding hydrogens is 266 g/mol. The molecule has 90 valence electrons. The van der Waals surface area contributed by atoms with Crippen LogP contribution in [-0.4, -0.2) is 16.5 Å². The van der Waals surface area contributed by atoms with Crippen LogP contribution in [0.3, 0.4) is 0 Å². The molecule has 1 nitrogen and oxygen atoms in total. The van der Waals surface area contributed by atoms with Crippen molar-refractivity contribution in [2.75, 3.05) is 11.5 Å². The molecule has 0 radical (unpaired) electrons. The SMILES string of the molecule is SCC1(CSc2nc3ccccc3s2)CCC1. The van der Waals surface area contributed by atoms with Crippen LogP contribution in [-0.2, 0) is 0 Å². The smallest absolute Gasteiger partial charge is 0.151 e. The van der Waals surface area contributed by atoms with E-state index in [2.05, 4.69) is 41.9 Å². The number of nitrogens with zero attached hydrogens (tertiary/aromatic N) is 1. The maximum absolute atomic E-state index is 4.67. The molecule has 0 amide bonds. The van der Waals surface area contributed by atoms with Crippen LogP contribution >= 0.6 is 35.7 Å². The van der Waals surface area contributed by atoms with E-state index < -0.39 is 0 Å². The van der Waals surface area contributed by atoms with E-state index in [1.54, 1.807) is 0 Å². The fourth-order valence-electron chi connectivity index (χ4n) is 2.15. The predicted octanol–water partition coefficient (Wildman–Crippen LogP) is 4.49. The Labute approximate surface area is 115 Å². The summed E-state index contributed by atoms with van der Waals surface area (Å²) in [4.78, 5) is 4.67. The quantitative estimate of drug-likeness (QED) is 0.655. The van der Waals surface area contributed by atoms with Gasteiger partial charge in [-0.05, 0) is 36.1 Å². The van der Waals surface area contributed by atoms with Gasteiger partial charge in [0.1, 0.15) is 0 Å². The number of aromatic nitrogens is 1. The molecule has 1 aromatic carbocycles. The topological polar surface area (TPSA) is 12.9 Å². The lowest BCUT2D eigenvalue weighted by Crippen LogP contribution is -2.33. The van der Waals surface area contributed by atoms with Gasteiger partial charge in [-0.2, -0.15) is 12.6 Å². The molecule has 1 fully saturated rings. The van der Waals surface area contributed by atoms with Crippen molar-refractivity contribution in [3.8, 4) is 0 Å². The third kappa shape index (κ3) is 2.35. The highest BCUT2D eigenvalue weighted by molar-refractivity contribution is 8.01. The number of fused-ring (bicyclic) bond motifs is 1. The van der Waals surface area contributed by atoms with Crippen LogP contribution in [0.15, 0.2) is 28.6 Å². The van der Waals surface area contributed by atoms with Crippen LogP contribution in [0.25, 0.3) is 10.2 Å². The van der Waals surface area contributed by atoms with Crippen LogP contribution in [0.5, 0.6) is 0 Å². The third-order valence-electron chi connectivity index (χ3n) is 3.53. The molecule has 1 heterocycles. The van der Waals surface area contributed by atoms with Gasteiger partial charge in [-0.25, -0.2) is 4.98 Å². The van der Waals surface area contributed by atoms with Gasteiger partial charge in [0.2, 0.25) is 0 Å². The lowest BCUT2D eigenvalue weighted by molar-refractivity contribution is 0.205. The highest BCUT2D eigenvalue weighted by Gasteiger charge is 2.35. The lowest BCUT2D eigenvalue weighted by Gasteiger charge is -2.40. The Bertz CT molecular complexity index is 478. The summed E-state index contributed by atoms with van der Waals surface area (Å²) in [7, 11) is 0. The molecule has 0 saturated heterocycles. The Hall–Kier alpha value is -0.190.